The third-order valence-electron chi connectivity index (χ3n) is 3.66. The normalized spacial score (nSPS) is 13.6. The van der Waals surface area contributed by atoms with Gasteiger partial charge in [0.2, 0.25) is 5.91 Å². The zero-order chi connectivity index (χ0) is 15.2. The van der Waals surface area contributed by atoms with Gasteiger partial charge in [-0.1, -0.05) is 13.3 Å². The van der Waals surface area contributed by atoms with Gasteiger partial charge in [-0.05, 0) is 44.6 Å². The van der Waals surface area contributed by atoms with Gasteiger partial charge in [0.25, 0.3) is 0 Å². The fourth-order valence-corrected chi connectivity index (χ4v) is 3.89. The Morgan fingerprint density at radius 2 is 2.00 bits per heavy atom. The average molecular weight is 309 g/mol. The Hall–Kier alpha value is -1.36. The lowest BCUT2D eigenvalue weighted by Crippen LogP contribution is -2.15. The van der Waals surface area contributed by atoms with E-state index in [1.807, 2.05) is 0 Å². The minimum Gasteiger partial charge on any atom is -0.462 e. The van der Waals surface area contributed by atoms with Gasteiger partial charge in [0.1, 0.15) is 5.00 Å². The fourth-order valence-electron chi connectivity index (χ4n) is 2.60. The summed E-state index contributed by atoms with van der Waals surface area (Å²) >= 11 is 1.55. The van der Waals surface area contributed by atoms with E-state index in [9.17, 15) is 9.59 Å². The molecule has 1 aliphatic rings. The predicted octanol–water partition coefficient (Wildman–Crippen LogP) is 3.93. The van der Waals surface area contributed by atoms with Gasteiger partial charge in [0.15, 0.2) is 0 Å². The molecular weight excluding hydrogens is 286 g/mol. The number of aryl methyl sites for hydroxylation is 1. The van der Waals surface area contributed by atoms with Gasteiger partial charge in [-0.15, -0.1) is 11.3 Å². The molecule has 1 N–H and O–H groups in total. The molecule has 1 aromatic heterocycles. The van der Waals surface area contributed by atoms with Crippen molar-refractivity contribution in [3.63, 3.8) is 0 Å². The maximum absolute atomic E-state index is 12.2. The summed E-state index contributed by atoms with van der Waals surface area (Å²) in [6, 6.07) is 0. The Kier molecular flexibility index (Phi) is 5.79. The van der Waals surface area contributed by atoms with Crippen molar-refractivity contribution >= 4 is 28.2 Å². The van der Waals surface area contributed by atoms with Crippen molar-refractivity contribution in [2.24, 2.45) is 0 Å². The number of hydrogen-bond acceptors (Lipinski definition) is 4. The number of anilines is 1. The second kappa shape index (κ2) is 7.59. The Bertz CT molecular complexity index is 522. The molecule has 0 aromatic carbocycles. The van der Waals surface area contributed by atoms with E-state index in [-0.39, 0.29) is 11.9 Å². The third-order valence-corrected chi connectivity index (χ3v) is 4.87. The van der Waals surface area contributed by atoms with Crippen molar-refractivity contribution in [1.29, 1.82) is 0 Å². The average Bonchev–Trinajstić information content (AvgIpc) is 2.83. The lowest BCUT2D eigenvalue weighted by atomic mass is 9.95. The van der Waals surface area contributed by atoms with Gasteiger partial charge in [-0.3, -0.25) is 4.79 Å². The molecule has 1 aliphatic carbocycles. The summed E-state index contributed by atoms with van der Waals surface area (Å²) in [5.41, 5.74) is 1.69. The maximum Gasteiger partial charge on any atom is 0.341 e. The number of carbonyl (C=O) groups is 2. The molecule has 1 heterocycles. The van der Waals surface area contributed by atoms with E-state index in [1.54, 1.807) is 18.3 Å². The quantitative estimate of drug-likeness (QED) is 0.810. The summed E-state index contributed by atoms with van der Waals surface area (Å²) in [6.45, 7) is 4.21. The van der Waals surface area contributed by atoms with E-state index >= 15 is 0 Å². The van der Waals surface area contributed by atoms with Gasteiger partial charge >= 0.3 is 5.97 Å². The first kappa shape index (κ1) is 16.0. The molecule has 4 nitrogen and oxygen atoms in total. The summed E-state index contributed by atoms with van der Waals surface area (Å²) in [6.07, 6.45) is 6.51. The van der Waals surface area contributed by atoms with Crippen molar-refractivity contribution < 1.29 is 14.3 Å². The summed E-state index contributed by atoms with van der Waals surface area (Å²) in [4.78, 5) is 25.4. The Balaban J connectivity index is 2.24. The molecule has 0 bridgehead atoms. The largest absolute Gasteiger partial charge is 0.462 e. The number of unbranched alkanes of at least 4 members (excludes halogenated alkanes) is 1. The number of rotatable bonds is 6. The van der Waals surface area contributed by atoms with E-state index in [2.05, 4.69) is 12.2 Å². The van der Waals surface area contributed by atoms with E-state index in [0.29, 0.717) is 23.6 Å². The molecule has 1 amide bonds. The van der Waals surface area contributed by atoms with Crippen LogP contribution in [0, 0.1) is 0 Å². The first-order chi connectivity index (χ1) is 10.2. The fraction of sp³-hybridized carbons (Fsp3) is 0.625. The molecule has 1 aromatic rings. The van der Waals surface area contributed by atoms with E-state index in [1.165, 1.54) is 4.88 Å². The zero-order valence-electron chi connectivity index (χ0n) is 12.8. The molecule has 0 unspecified atom stereocenters. The van der Waals surface area contributed by atoms with Gasteiger partial charge in [-0.2, -0.15) is 0 Å². The molecular formula is C16H23NO3S. The smallest absolute Gasteiger partial charge is 0.341 e. The second-order valence-electron chi connectivity index (χ2n) is 5.29. The standard InChI is InChI=1S/C16H23NO3S/c1-3-5-10-13(18)17-15-14(16(19)20-4-2)11-8-6-7-9-12(11)21-15/h3-10H2,1-2H3,(H,17,18). The number of hydrogen-bond donors (Lipinski definition) is 1. The Labute approximate surface area is 129 Å². The van der Waals surface area contributed by atoms with Crippen molar-refractivity contribution in [2.75, 3.05) is 11.9 Å². The van der Waals surface area contributed by atoms with E-state index < -0.39 is 0 Å². The molecule has 2 rings (SSSR count). The molecule has 0 fully saturated rings. The molecule has 5 heteroatoms. The van der Waals surface area contributed by atoms with Crippen LogP contribution in [-0.4, -0.2) is 18.5 Å². The van der Waals surface area contributed by atoms with Crippen LogP contribution >= 0.6 is 11.3 Å². The summed E-state index contributed by atoms with van der Waals surface area (Å²) in [7, 11) is 0. The number of ether oxygens (including phenoxy) is 1. The van der Waals surface area contributed by atoms with Gasteiger partial charge in [-0.25, -0.2) is 4.79 Å². The molecule has 116 valence electrons. The van der Waals surface area contributed by atoms with Gasteiger partial charge in [0.05, 0.1) is 12.2 Å². The first-order valence-electron chi connectivity index (χ1n) is 7.78. The molecule has 0 aliphatic heterocycles. The Morgan fingerprint density at radius 1 is 1.24 bits per heavy atom. The van der Waals surface area contributed by atoms with Crippen LogP contribution in [-0.2, 0) is 22.4 Å². The molecule has 0 atom stereocenters. The van der Waals surface area contributed by atoms with Gasteiger partial charge < -0.3 is 10.1 Å². The van der Waals surface area contributed by atoms with Crippen LogP contribution in [0.5, 0.6) is 0 Å². The highest BCUT2D eigenvalue weighted by atomic mass is 32.1. The summed E-state index contributed by atoms with van der Waals surface area (Å²) < 4.78 is 5.17. The predicted molar refractivity (Wildman–Crippen MR) is 85.1 cm³/mol. The third kappa shape index (κ3) is 3.84. The number of amides is 1. The SMILES string of the molecule is CCCCC(=O)Nc1sc2c(c1C(=O)OCC)CCCC2. The van der Waals surface area contributed by atoms with Crippen molar-refractivity contribution in [2.45, 2.75) is 58.8 Å². The molecule has 0 spiro atoms. The highest BCUT2D eigenvalue weighted by Gasteiger charge is 2.27. The van der Waals surface area contributed by atoms with Crippen molar-refractivity contribution in [1.82, 2.24) is 0 Å². The number of thiophene rings is 1. The van der Waals surface area contributed by atoms with Crippen LogP contribution in [0.15, 0.2) is 0 Å². The van der Waals surface area contributed by atoms with Crippen LogP contribution in [0.1, 0.15) is 66.8 Å². The van der Waals surface area contributed by atoms with Crippen LogP contribution in [0.25, 0.3) is 0 Å². The van der Waals surface area contributed by atoms with E-state index in [0.717, 1.165) is 44.1 Å². The summed E-state index contributed by atoms with van der Waals surface area (Å²) in [5, 5.41) is 3.60. The second-order valence-corrected chi connectivity index (χ2v) is 6.39. The van der Waals surface area contributed by atoms with Crippen molar-refractivity contribution in [3.05, 3.63) is 16.0 Å². The molecule has 21 heavy (non-hydrogen) atoms. The highest BCUT2D eigenvalue weighted by molar-refractivity contribution is 7.17. The highest BCUT2D eigenvalue weighted by Crippen LogP contribution is 2.38. The number of esters is 1. The minimum absolute atomic E-state index is 0.0130. The zero-order valence-corrected chi connectivity index (χ0v) is 13.6. The number of carbonyl (C=O) groups excluding carboxylic acids is 2. The van der Waals surface area contributed by atoms with Crippen LogP contribution in [0.4, 0.5) is 5.00 Å². The van der Waals surface area contributed by atoms with Gasteiger partial charge in [0, 0.05) is 11.3 Å². The van der Waals surface area contributed by atoms with Crippen LogP contribution < -0.4 is 5.32 Å². The minimum atomic E-state index is -0.303. The number of fused-ring (bicyclic) bond motifs is 1. The monoisotopic (exact) mass is 309 g/mol. The Morgan fingerprint density at radius 3 is 2.71 bits per heavy atom. The van der Waals surface area contributed by atoms with Crippen LogP contribution in [0.2, 0.25) is 0 Å². The number of nitrogens with one attached hydrogen (secondary N) is 1. The first-order valence-corrected chi connectivity index (χ1v) is 8.60. The molecule has 0 saturated carbocycles. The van der Waals surface area contributed by atoms with Crippen LogP contribution in [0.3, 0.4) is 0 Å². The molecule has 0 saturated heterocycles. The van der Waals surface area contributed by atoms with Crippen molar-refractivity contribution in [3.8, 4) is 0 Å². The summed E-state index contributed by atoms with van der Waals surface area (Å²) in [5.74, 6) is -0.316. The van der Waals surface area contributed by atoms with E-state index in [4.69, 9.17) is 4.74 Å². The maximum atomic E-state index is 12.2. The topological polar surface area (TPSA) is 55.4 Å². The lowest BCUT2D eigenvalue weighted by molar-refractivity contribution is -0.116. The lowest BCUT2D eigenvalue weighted by Gasteiger charge is -2.12. The molecule has 0 radical (unpaired) electrons.